The number of aromatic nitrogens is 2. The van der Waals surface area contributed by atoms with Gasteiger partial charge in [0.1, 0.15) is 0 Å². The Morgan fingerprint density at radius 1 is 1.53 bits per heavy atom. The van der Waals surface area contributed by atoms with Crippen LogP contribution in [0.2, 0.25) is 0 Å². The van der Waals surface area contributed by atoms with Crippen LogP contribution < -0.4 is 10.6 Å². The molecule has 0 fully saturated rings. The standard InChI is InChI=1S/C12H24N4O/c1-12(2,9-13)10-15(3)11-14-5-6-16(11)7-8-17-4/h5-6H,7-10,13H2,1-4H3. The highest BCUT2D eigenvalue weighted by atomic mass is 16.5. The van der Waals surface area contributed by atoms with Crippen molar-refractivity contribution in [3.8, 4) is 0 Å². The average Bonchev–Trinajstić information content (AvgIpc) is 2.74. The van der Waals surface area contributed by atoms with Gasteiger partial charge in [0.05, 0.1) is 6.61 Å². The molecular formula is C12H24N4O. The highest BCUT2D eigenvalue weighted by Gasteiger charge is 2.20. The van der Waals surface area contributed by atoms with E-state index in [9.17, 15) is 0 Å². The van der Waals surface area contributed by atoms with Crippen LogP contribution in [0, 0.1) is 5.41 Å². The third-order valence-corrected chi connectivity index (χ3v) is 2.79. The summed E-state index contributed by atoms with van der Waals surface area (Å²) in [4.78, 5) is 6.52. The van der Waals surface area contributed by atoms with Crippen molar-refractivity contribution in [3.05, 3.63) is 12.4 Å². The Bertz CT molecular complexity index is 335. The van der Waals surface area contributed by atoms with Gasteiger partial charge >= 0.3 is 0 Å². The highest BCUT2D eigenvalue weighted by Crippen LogP contribution is 2.18. The molecule has 0 atom stereocenters. The first-order chi connectivity index (χ1) is 8.00. The molecule has 98 valence electrons. The van der Waals surface area contributed by atoms with Crippen LogP contribution in [-0.4, -0.2) is 43.4 Å². The fourth-order valence-corrected chi connectivity index (χ4v) is 1.78. The molecule has 0 unspecified atom stereocenters. The average molecular weight is 240 g/mol. The van der Waals surface area contributed by atoms with Crippen molar-refractivity contribution in [2.45, 2.75) is 20.4 Å². The molecule has 0 saturated heterocycles. The Morgan fingerprint density at radius 3 is 2.82 bits per heavy atom. The number of nitrogens with zero attached hydrogens (tertiary/aromatic N) is 3. The predicted octanol–water partition coefficient (Wildman–Crippen LogP) is 0.951. The fourth-order valence-electron chi connectivity index (χ4n) is 1.78. The van der Waals surface area contributed by atoms with E-state index >= 15 is 0 Å². The first-order valence-electron chi connectivity index (χ1n) is 5.91. The summed E-state index contributed by atoms with van der Waals surface area (Å²) in [5.74, 6) is 0.962. The maximum atomic E-state index is 5.75. The quantitative estimate of drug-likeness (QED) is 0.771. The smallest absolute Gasteiger partial charge is 0.205 e. The molecule has 0 aliphatic heterocycles. The maximum absolute atomic E-state index is 5.75. The van der Waals surface area contributed by atoms with Crippen LogP contribution in [0.1, 0.15) is 13.8 Å². The number of anilines is 1. The lowest BCUT2D eigenvalue weighted by atomic mass is 9.93. The molecule has 17 heavy (non-hydrogen) atoms. The molecule has 0 bridgehead atoms. The van der Waals surface area contributed by atoms with E-state index in [1.165, 1.54) is 0 Å². The van der Waals surface area contributed by atoms with Gasteiger partial charge in [0.2, 0.25) is 5.95 Å². The van der Waals surface area contributed by atoms with Crippen LogP contribution in [0.15, 0.2) is 12.4 Å². The van der Waals surface area contributed by atoms with Gasteiger partial charge in [0, 0.05) is 39.6 Å². The normalized spacial score (nSPS) is 11.8. The topological polar surface area (TPSA) is 56.3 Å². The highest BCUT2D eigenvalue weighted by molar-refractivity contribution is 5.30. The fraction of sp³-hybridized carbons (Fsp3) is 0.750. The largest absolute Gasteiger partial charge is 0.383 e. The predicted molar refractivity (Wildman–Crippen MR) is 70.2 cm³/mol. The summed E-state index contributed by atoms with van der Waals surface area (Å²) >= 11 is 0. The van der Waals surface area contributed by atoms with Crippen LogP contribution in [-0.2, 0) is 11.3 Å². The third-order valence-electron chi connectivity index (χ3n) is 2.79. The number of hydrogen-bond donors (Lipinski definition) is 1. The number of rotatable bonds is 7. The molecule has 1 aromatic rings. The van der Waals surface area contributed by atoms with Crippen LogP contribution in [0.3, 0.4) is 0 Å². The summed E-state index contributed by atoms with van der Waals surface area (Å²) in [5, 5.41) is 0. The SMILES string of the molecule is COCCn1ccnc1N(C)CC(C)(C)CN. The molecule has 0 aromatic carbocycles. The van der Waals surface area contributed by atoms with Gasteiger partial charge in [-0.15, -0.1) is 0 Å². The molecule has 0 radical (unpaired) electrons. The molecule has 5 nitrogen and oxygen atoms in total. The van der Waals surface area contributed by atoms with Gasteiger partial charge in [-0.25, -0.2) is 4.98 Å². The number of nitrogens with two attached hydrogens (primary N) is 1. The van der Waals surface area contributed by atoms with Crippen molar-refractivity contribution < 1.29 is 4.74 Å². The number of ether oxygens (including phenoxy) is 1. The summed E-state index contributed by atoms with van der Waals surface area (Å²) in [5.41, 5.74) is 5.84. The molecular weight excluding hydrogens is 216 g/mol. The summed E-state index contributed by atoms with van der Waals surface area (Å²) in [7, 11) is 3.75. The first kappa shape index (κ1) is 14.0. The van der Waals surface area contributed by atoms with E-state index in [4.69, 9.17) is 10.5 Å². The van der Waals surface area contributed by atoms with Crippen LogP contribution >= 0.6 is 0 Å². The van der Waals surface area contributed by atoms with Crippen molar-refractivity contribution in [2.24, 2.45) is 11.1 Å². The Kier molecular flexibility index (Phi) is 4.96. The summed E-state index contributed by atoms with van der Waals surface area (Å²) in [6, 6.07) is 0. The van der Waals surface area contributed by atoms with E-state index < -0.39 is 0 Å². The monoisotopic (exact) mass is 240 g/mol. The van der Waals surface area contributed by atoms with E-state index in [0.717, 1.165) is 19.0 Å². The number of methoxy groups -OCH3 is 1. The Labute approximate surface area is 104 Å². The lowest BCUT2D eigenvalue weighted by Gasteiger charge is -2.30. The maximum Gasteiger partial charge on any atom is 0.205 e. The molecule has 1 heterocycles. The molecule has 0 amide bonds. The number of hydrogen-bond acceptors (Lipinski definition) is 4. The van der Waals surface area contributed by atoms with Gasteiger partial charge < -0.3 is 19.9 Å². The van der Waals surface area contributed by atoms with Crippen molar-refractivity contribution in [3.63, 3.8) is 0 Å². The van der Waals surface area contributed by atoms with Crippen LogP contribution in [0.4, 0.5) is 5.95 Å². The van der Waals surface area contributed by atoms with Gasteiger partial charge in [-0.2, -0.15) is 0 Å². The third kappa shape index (κ3) is 4.02. The number of imidazole rings is 1. The summed E-state index contributed by atoms with van der Waals surface area (Å²) in [6.07, 6.45) is 3.79. The van der Waals surface area contributed by atoms with Gasteiger partial charge in [0.15, 0.2) is 0 Å². The van der Waals surface area contributed by atoms with Crippen LogP contribution in [0.25, 0.3) is 0 Å². The molecule has 2 N–H and O–H groups in total. The molecule has 1 aromatic heterocycles. The van der Waals surface area contributed by atoms with E-state index in [-0.39, 0.29) is 5.41 Å². The molecule has 0 saturated carbocycles. The summed E-state index contributed by atoms with van der Waals surface area (Å²) < 4.78 is 7.18. The first-order valence-corrected chi connectivity index (χ1v) is 5.91. The second kappa shape index (κ2) is 6.02. The zero-order valence-corrected chi connectivity index (χ0v) is 11.3. The molecule has 1 rings (SSSR count). The van der Waals surface area contributed by atoms with Crippen molar-refractivity contribution in [1.29, 1.82) is 0 Å². The Balaban J connectivity index is 2.68. The van der Waals surface area contributed by atoms with Gasteiger partial charge in [-0.1, -0.05) is 13.8 Å². The van der Waals surface area contributed by atoms with E-state index in [1.54, 1.807) is 7.11 Å². The zero-order chi connectivity index (χ0) is 12.9. The zero-order valence-electron chi connectivity index (χ0n) is 11.3. The lowest BCUT2D eigenvalue weighted by molar-refractivity contribution is 0.187. The molecule has 0 aliphatic carbocycles. The van der Waals surface area contributed by atoms with Gasteiger partial charge in [-0.05, 0) is 12.0 Å². The minimum atomic E-state index is 0.0901. The van der Waals surface area contributed by atoms with Crippen molar-refractivity contribution in [2.75, 3.05) is 38.8 Å². The second-order valence-electron chi connectivity index (χ2n) is 5.14. The minimum Gasteiger partial charge on any atom is -0.383 e. The second-order valence-corrected chi connectivity index (χ2v) is 5.14. The molecule has 0 spiro atoms. The minimum absolute atomic E-state index is 0.0901. The Hall–Kier alpha value is -1.07. The van der Waals surface area contributed by atoms with E-state index in [2.05, 4.69) is 28.3 Å². The summed E-state index contributed by atoms with van der Waals surface area (Å²) in [6.45, 7) is 7.37. The molecule has 0 aliphatic rings. The van der Waals surface area contributed by atoms with Crippen molar-refractivity contribution in [1.82, 2.24) is 9.55 Å². The van der Waals surface area contributed by atoms with E-state index in [1.807, 2.05) is 19.4 Å². The Morgan fingerprint density at radius 2 is 2.24 bits per heavy atom. The van der Waals surface area contributed by atoms with Crippen LogP contribution in [0.5, 0.6) is 0 Å². The van der Waals surface area contributed by atoms with Gasteiger partial charge in [-0.3, -0.25) is 0 Å². The lowest BCUT2D eigenvalue weighted by Crippen LogP contribution is -2.38. The van der Waals surface area contributed by atoms with Gasteiger partial charge in [0.25, 0.3) is 0 Å². The van der Waals surface area contributed by atoms with Crippen molar-refractivity contribution >= 4 is 5.95 Å². The molecule has 5 heteroatoms. The van der Waals surface area contributed by atoms with E-state index in [0.29, 0.717) is 13.2 Å².